The van der Waals surface area contributed by atoms with Gasteiger partial charge in [0.15, 0.2) is 5.78 Å². The summed E-state index contributed by atoms with van der Waals surface area (Å²) in [5.41, 5.74) is 4.25. The third kappa shape index (κ3) is 6.64. The summed E-state index contributed by atoms with van der Waals surface area (Å²) in [6.45, 7) is 9.71. The van der Waals surface area contributed by atoms with Crippen molar-refractivity contribution >= 4 is 40.6 Å². The Morgan fingerprint density at radius 1 is 1.02 bits per heavy atom. The number of carbonyl (C=O) groups is 2. The fourth-order valence-corrected chi connectivity index (χ4v) is 6.79. The molecule has 6 rings (SSSR count). The second-order valence-corrected chi connectivity index (χ2v) is 12.5. The first-order valence-electron chi connectivity index (χ1n) is 16.2. The number of anilines is 4. The molecule has 0 unspecified atom stereocenters. The van der Waals surface area contributed by atoms with Crippen LogP contribution in [0.5, 0.6) is 5.75 Å². The maximum atomic E-state index is 14.9. The van der Waals surface area contributed by atoms with Crippen molar-refractivity contribution in [1.29, 1.82) is 0 Å². The van der Waals surface area contributed by atoms with E-state index in [-0.39, 0.29) is 23.7 Å². The molecule has 3 aliphatic rings. The van der Waals surface area contributed by atoms with Gasteiger partial charge in [-0.15, -0.1) is 0 Å². The number of hydrogen-bond acceptors (Lipinski definition) is 8. The summed E-state index contributed by atoms with van der Waals surface area (Å²) in [7, 11) is 4.00. The van der Waals surface area contributed by atoms with Crippen LogP contribution in [0, 0.1) is 5.82 Å². The predicted octanol–water partition coefficient (Wildman–Crippen LogP) is 5.97. The van der Waals surface area contributed by atoms with Crippen LogP contribution >= 0.6 is 0 Å². The molecule has 0 spiro atoms. The number of likely N-dealkylation sites (tertiary alicyclic amines) is 1. The molecular weight excluding hydrogens is 583 g/mol. The molecule has 2 saturated heterocycles. The Bertz CT molecular complexity index is 1640. The Morgan fingerprint density at radius 2 is 1.78 bits per heavy atom. The van der Waals surface area contributed by atoms with Gasteiger partial charge < -0.3 is 24.8 Å². The number of hydrogen-bond donors (Lipinski definition) is 1. The van der Waals surface area contributed by atoms with E-state index >= 15 is 0 Å². The third-order valence-electron chi connectivity index (χ3n) is 9.34. The number of allylic oxidation sites excluding steroid dienone is 1. The van der Waals surface area contributed by atoms with Crippen LogP contribution in [0.15, 0.2) is 54.2 Å². The fraction of sp³-hybridized carbons (Fsp3) is 0.417. The van der Waals surface area contributed by atoms with Gasteiger partial charge in [-0.1, -0.05) is 17.7 Å². The van der Waals surface area contributed by atoms with Gasteiger partial charge in [-0.3, -0.25) is 14.5 Å². The molecule has 4 heterocycles. The SMILES string of the molecule is CCOc1cc(C(=O)N2CCN(C3CCN(C)CC3)CC2)ccc1Nc1cc2c(cn1)/C=C(\C)CC(=O)c1c(F)cccc1N2C. The first-order chi connectivity index (χ1) is 22.2. The van der Waals surface area contributed by atoms with Gasteiger partial charge in [0.1, 0.15) is 17.4 Å². The minimum Gasteiger partial charge on any atom is -0.492 e. The number of ketones is 1. The Hall–Kier alpha value is -4.28. The topological polar surface area (TPSA) is 81.2 Å². The zero-order valence-corrected chi connectivity index (χ0v) is 27.2. The third-order valence-corrected chi connectivity index (χ3v) is 9.34. The number of Topliss-reactive ketones (excluding diaryl/α,β-unsaturated/α-hetero) is 1. The number of pyridine rings is 1. The molecule has 1 amide bonds. The van der Waals surface area contributed by atoms with E-state index in [0.717, 1.165) is 43.0 Å². The molecule has 0 aliphatic carbocycles. The molecule has 10 heteroatoms. The van der Waals surface area contributed by atoms with E-state index in [0.29, 0.717) is 54.2 Å². The zero-order valence-electron chi connectivity index (χ0n) is 27.2. The number of amides is 1. The number of nitrogens with zero attached hydrogens (tertiary/aromatic N) is 5. The zero-order chi connectivity index (χ0) is 32.4. The van der Waals surface area contributed by atoms with Crippen molar-refractivity contribution in [2.24, 2.45) is 0 Å². The second-order valence-electron chi connectivity index (χ2n) is 12.5. The van der Waals surface area contributed by atoms with Crippen LogP contribution in [0.3, 0.4) is 0 Å². The van der Waals surface area contributed by atoms with Crippen molar-refractivity contribution in [2.45, 2.75) is 39.2 Å². The number of fused-ring (bicyclic) bond motifs is 2. The summed E-state index contributed by atoms with van der Waals surface area (Å²) >= 11 is 0. The predicted molar refractivity (Wildman–Crippen MR) is 180 cm³/mol. The van der Waals surface area contributed by atoms with E-state index in [2.05, 4.69) is 27.1 Å². The summed E-state index contributed by atoms with van der Waals surface area (Å²) in [5.74, 6) is 0.321. The molecule has 9 nitrogen and oxygen atoms in total. The molecule has 2 aromatic carbocycles. The van der Waals surface area contributed by atoms with E-state index in [9.17, 15) is 14.0 Å². The van der Waals surface area contributed by atoms with Crippen LogP contribution in [-0.4, -0.2) is 97.4 Å². The Kier molecular flexibility index (Phi) is 9.37. The smallest absolute Gasteiger partial charge is 0.254 e. The lowest BCUT2D eigenvalue weighted by Crippen LogP contribution is -2.54. The molecule has 0 saturated carbocycles. The number of carbonyl (C=O) groups excluding carboxylic acids is 2. The second kappa shape index (κ2) is 13.6. The minimum atomic E-state index is -0.534. The Balaban J connectivity index is 1.21. The average Bonchev–Trinajstić information content (AvgIpc) is 3.09. The van der Waals surface area contributed by atoms with E-state index in [4.69, 9.17) is 4.74 Å². The van der Waals surface area contributed by atoms with Crippen molar-refractivity contribution in [3.8, 4) is 5.75 Å². The van der Waals surface area contributed by atoms with Gasteiger partial charge in [-0.2, -0.15) is 0 Å². The highest BCUT2D eigenvalue weighted by Crippen LogP contribution is 2.37. The van der Waals surface area contributed by atoms with Crippen molar-refractivity contribution < 1.29 is 18.7 Å². The molecule has 46 heavy (non-hydrogen) atoms. The van der Waals surface area contributed by atoms with Crippen LogP contribution in [-0.2, 0) is 0 Å². The van der Waals surface area contributed by atoms with Crippen molar-refractivity contribution in [1.82, 2.24) is 19.7 Å². The molecule has 0 atom stereocenters. The minimum absolute atomic E-state index is 0.00930. The lowest BCUT2D eigenvalue weighted by molar-refractivity contribution is 0.0475. The van der Waals surface area contributed by atoms with E-state index in [1.165, 1.54) is 18.9 Å². The number of nitrogens with one attached hydrogen (secondary N) is 1. The van der Waals surface area contributed by atoms with Gasteiger partial charge in [-0.05, 0) is 77.2 Å². The molecule has 3 aliphatic heterocycles. The number of ether oxygens (including phenoxy) is 1. The number of aromatic nitrogens is 1. The average molecular weight is 627 g/mol. The largest absolute Gasteiger partial charge is 0.492 e. The molecule has 2 fully saturated rings. The van der Waals surface area contributed by atoms with Crippen LogP contribution in [0.1, 0.15) is 59.4 Å². The van der Waals surface area contributed by atoms with Gasteiger partial charge >= 0.3 is 0 Å². The normalized spacial score (nSPS) is 19.3. The molecule has 242 valence electrons. The van der Waals surface area contributed by atoms with Gasteiger partial charge in [-0.25, -0.2) is 9.37 Å². The first kappa shape index (κ1) is 31.7. The Labute approximate surface area is 270 Å². The molecule has 1 aromatic heterocycles. The number of halogens is 1. The van der Waals surface area contributed by atoms with Crippen molar-refractivity contribution in [2.75, 3.05) is 70.2 Å². The summed E-state index contributed by atoms with van der Waals surface area (Å²) < 4.78 is 20.9. The quantitative estimate of drug-likeness (QED) is 0.359. The number of piperidine rings is 1. The number of benzene rings is 2. The van der Waals surface area contributed by atoms with E-state index in [1.54, 1.807) is 24.4 Å². The molecular formula is C36H43FN6O3. The van der Waals surface area contributed by atoms with Crippen LogP contribution < -0.4 is 15.0 Å². The lowest BCUT2D eigenvalue weighted by atomic mass is 10.0. The van der Waals surface area contributed by atoms with E-state index < -0.39 is 5.82 Å². The summed E-state index contributed by atoms with van der Waals surface area (Å²) in [6, 6.07) is 12.7. The highest BCUT2D eigenvalue weighted by molar-refractivity contribution is 6.04. The van der Waals surface area contributed by atoms with Crippen LogP contribution in [0.4, 0.5) is 27.3 Å². The highest BCUT2D eigenvalue weighted by atomic mass is 19.1. The van der Waals surface area contributed by atoms with Gasteiger partial charge in [0, 0.05) is 69.1 Å². The molecule has 0 radical (unpaired) electrons. The maximum absolute atomic E-state index is 14.9. The van der Waals surface area contributed by atoms with Gasteiger partial charge in [0.2, 0.25) is 0 Å². The van der Waals surface area contributed by atoms with Gasteiger partial charge in [0.05, 0.1) is 29.2 Å². The Morgan fingerprint density at radius 3 is 2.52 bits per heavy atom. The van der Waals surface area contributed by atoms with E-state index in [1.807, 2.05) is 55.0 Å². The highest BCUT2D eigenvalue weighted by Gasteiger charge is 2.29. The monoisotopic (exact) mass is 626 g/mol. The van der Waals surface area contributed by atoms with Crippen LogP contribution in [0.2, 0.25) is 0 Å². The summed E-state index contributed by atoms with van der Waals surface area (Å²) in [4.78, 5) is 40.0. The van der Waals surface area contributed by atoms with Crippen LogP contribution in [0.25, 0.3) is 6.08 Å². The number of piperazine rings is 1. The first-order valence-corrected chi connectivity index (χ1v) is 16.2. The molecule has 0 bridgehead atoms. The molecule has 3 aromatic rings. The van der Waals surface area contributed by atoms with Gasteiger partial charge in [0.25, 0.3) is 5.91 Å². The summed E-state index contributed by atoms with van der Waals surface area (Å²) in [6.07, 6.45) is 6.17. The fourth-order valence-electron chi connectivity index (χ4n) is 6.79. The molecule has 1 N–H and O–H groups in total. The maximum Gasteiger partial charge on any atom is 0.254 e. The van der Waals surface area contributed by atoms with Crippen molar-refractivity contribution in [3.05, 3.63) is 76.7 Å². The lowest BCUT2D eigenvalue weighted by Gasteiger charge is -2.42. The van der Waals surface area contributed by atoms with Crippen molar-refractivity contribution in [3.63, 3.8) is 0 Å². The standard InChI is InChI=1S/C36H43FN6O3/c1-5-46-33-21-25(36(45)43-17-15-42(16-18-43)27-11-13-40(3)14-12-27)9-10-29(33)39-34-22-31-26(23-38-34)19-24(2)20-32(44)35-28(37)7-6-8-30(35)41(31)4/h6-10,19,21-23,27H,5,11-18,20H2,1-4H3,(H,38,39)/b24-19+. The number of rotatable bonds is 6. The summed E-state index contributed by atoms with van der Waals surface area (Å²) in [5, 5.41) is 3.37.